The third-order valence-corrected chi connectivity index (χ3v) is 2.43. The minimum Gasteiger partial charge on any atom is -0.496 e. The molecule has 0 aliphatic carbocycles. The van der Waals surface area contributed by atoms with Gasteiger partial charge in [0, 0.05) is 5.57 Å². The highest BCUT2D eigenvalue weighted by molar-refractivity contribution is 6.18. The molecule has 2 nitrogen and oxygen atoms in total. The van der Waals surface area contributed by atoms with E-state index in [0.717, 1.165) is 23.3 Å². The molecule has 1 rings (SSSR count). The van der Waals surface area contributed by atoms with Gasteiger partial charge >= 0.3 is 0 Å². The molecule has 0 bridgehead atoms. The number of methoxy groups -OCH3 is 1. The van der Waals surface area contributed by atoms with Crippen molar-refractivity contribution in [2.24, 2.45) is 0 Å². The lowest BCUT2D eigenvalue weighted by Gasteiger charge is -2.09. The molecule has 0 spiro atoms. The van der Waals surface area contributed by atoms with E-state index < -0.39 is 0 Å². The van der Waals surface area contributed by atoms with Crippen LogP contribution in [0.3, 0.4) is 0 Å². The van der Waals surface area contributed by atoms with Crippen LogP contribution in [0.2, 0.25) is 0 Å². The normalized spacial score (nSPS) is 9.80. The summed E-state index contributed by atoms with van der Waals surface area (Å²) >= 11 is 0. The minimum absolute atomic E-state index is 0.00206. The molecule has 15 heavy (non-hydrogen) atoms. The average Bonchev–Trinajstić information content (AvgIpc) is 2.26. The summed E-state index contributed by atoms with van der Waals surface area (Å²) in [5, 5.41) is 0. The molecule has 0 radical (unpaired) electrons. The van der Waals surface area contributed by atoms with E-state index in [1.165, 1.54) is 6.92 Å². The Bertz CT molecular complexity index is 392. The van der Waals surface area contributed by atoms with E-state index in [4.69, 9.17) is 4.74 Å². The first-order chi connectivity index (χ1) is 7.10. The van der Waals surface area contributed by atoms with Gasteiger partial charge in [-0.15, -0.1) is 0 Å². The summed E-state index contributed by atoms with van der Waals surface area (Å²) in [7, 11) is 1.65. The molecule has 0 amide bonds. The van der Waals surface area contributed by atoms with Gasteiger partial charge in [-0.1, -0.05) is 19.6 Å². The molecule has 0 fully saturated rings. The van der Waals surface area contributed by atoms with E-state index in [9.17, 15) is 4.79 Å². The number of aryl methyl sites for hydroxylation is 1. The fraction of sp³-hybridized carbons (Fsp3) is 0.308. The van der Waals surface area contributed by atoms with Crippen LogP contribution >= 0.6 is 0 Å². The fourth-order valence-electron chi connectivity index (χ4n) is 1.45. The van der Waals surface area contributed by atoms with Crippen molar-refractivity contribution in [1.82, 2.24) is 0 Å². The molecular formula is C13H16O2. The molecule has 0 unspecified atom stereocenters. The Labute approximate surface area is 90.6 Å². The van der Waals surface area contributed by atoms with Gasteiger partial charge in [-0.3, -0.25) is 4.79 Å². The Hall–Kier alpha value is -1.57. The highest BCUT2D eigenvalue weighted by atomic mass is 16.5. The number of rotatable bonds is 4. The summed E-state index contributed by atoms with van der Waals surface area (Å²) in [4.78, 5) is 11.2. The molecule has 0 atom stereocenters. The van der Waals surface area contributed by atoms with E-state index in [1.54, 1.807) is 7.11 Å². The number of hydrogen-bond acceptors (Lipinski definition) is 2. The summed E-state index contributed by atoms with van der Waals surface area (Å²) in [6.45, 7) is 7.34. The molecule has 0 aliphatic rings. The van der Waals surface area contributed by atoms with E-state index in [0.29, 0.717) is 5.57 Å². The molecule has 0 heterocycles. The third-order valence-electron chi connectivity index (χ3n) is 2.43. The molecule has 1 aromatic carbocycles. The summed E-state index contributed by atoms with van der Waals surface area (Å²) < 4.78 is 5.22. The number of carbonyl (C=O) groups is 1. The largest absolute Gasteiger partial charge is 0.496 e. The van der Waals surface area contributed by atoms with Crippen LogP contribution in [0.15, 0.2) is 24.8 Å². The first kappa shape index (κ1) is 11.5. The maximum Gasteiger partial charge on any atom is 0.159 e. The average molecular weight is 204 g/mol. The van der Waals surface area contributed by atoms with E-state index in [2.05, 4.69) is 13.5 Å². The maximum absolute atomic E-state index is 11.2. The van der Waals surface area contributed by atoms with Crippen molar-refractivity contribution < 1.29 is 9.53 Å². The van der Waals surface area contributed by atoms with Crippen molar-refractivity contribution in [3.8, 4) is 5.75 Å². The lowest BCUT2D eigenvalue weighted by molar-refractivity contribution is -0.111. The number of allylic oxidation sites excluding steroid dienone is 1. The van der Waals surface area contributed by atoms with Crippen LogP contribution in [-0.4, -0.2) is 12.9 Å². The first-order valence-corrected chi connectivity index (χ1v) is 4.97. The summed E-state index contributed by atoms with van der Waals surface area (Å²) in [5.41, 5.74) is 2.52. The summed E-state index contributed by atoms with van der Waals surface area (Å²) in [6.07, 6.45) is 0.877. The number of ketones is 1. The molecule has 0 aromatic heterocycles. The van der Waals surface area contributed by atoms with Gasteiger partial charge in [-0.2, -0.15) is 0 Å². The second kappa shape index (κ2) is 4.78. The Morgan fingerprint density at radius 2 is 2.13 bits per heavy atom. The predicted molar refractivity (Wildman–Crippen MR) is 62.1 cm³/mol. The maximum atomic E-state index is 11.2. The lowest BCUT2D eigenvalue weighted by Crippen LogP contribution is -1.97. The Kier molecular flexibility index (Phi) is 3.67. The number of carbonyl (C=O) groups excluding carboxylic acids is 1. The zero-order chi connectivity index (χ0) is 11.4. The zero-order valence-electron chi connectivity index (χ0n) is 9.46. The number of benzene rings is 1. The Balaban J connectivity index is 3.13. The molecule has 80 valence electrons. The Morgan fingerprint density at radius 3 is 2.60 bits per heavy atom. The fourth-order valence-corrected chi connectivity index (χ4v) is 1.45. The standard InChI is InChI=1S/C13H16O2/c1-5-11-8-12(9(2)10(3)14)6-7-13(11)15-4/h6-8H,2,5H2,1,3-4H3. The molecular weight excluding hydrogens is 188 g/mol. The van der Waals surface area contributed by atoms with E-state index >= 15 is 0 Å². The number of ether oxygens (including phenoxy) is 1. The SMILES string of the molecule is C=C(C(C)=O)c1ccc(OC)c(CC)c1. The highest BCUT2D eigenvalue weighted by Crippen LogP contribution is 2.23. The molecule has 0 saturated carbocycles. The first-order valence-electron chi connectivity index (χ1n) is 4.97. The van der Waals surface area contributed by atoms with Gasteiger partial charge < -0.3 is 4.74 Å². The van der Waals surface area contributed by atoms with Crippen molar-refractivity contribution >= 4 is 11.4 Å². The summed E-state index contributed by atoms with van der Waals surface area (Å²) in [5.74, 6) is 0.861. The molecule has 2 heteroatoms. The van der Waals surface area contributed by atoms with Crippen LogP contribution in [0.1, 0.15) is 25.0 Å². The molecule has 0 saturated heterocycles. The quantitative estimate of drug-likeness (QED) is 0.705. The second-order valence-electron chi connectivity index (χ2n) is 3.41. The molecule has 0 aliphatic heterocycles. The highest BCUT2D eigenvalue weighted by Gasteiger charge is 2.07. The van der Waals surface area contributed by atoms with Gasteiger partial charge in [0.05, 0.1) is 7.11 Å². The number of hydrogen-bond donors (Lipinski definition) is 0. The Morgan fingerprint density at radius 1 is 1.47 bits per heavy atom. The van der Waals surface area contributed by atoms with Crippen molar-refractivity contribution in [2.45, 2.75) is 20.3 Å². The monoisotopic (exact) mass is 204 g/mol. The predicted octanol–water partition coefficient (Wildman–Crippen LogP) is 2.86. The molecule has 1 aromatic rings. The van der Waals surface area contributed by atoms with Crippen LogP contribution in [0.5, 0.6) is 5.75 Å². The van der Waals surface area contributed by atoms with Crippen molar-refractivity contribution in [1.29, 1.82) is 0 Å². The van der Waals surface area contributed by atoms with Gasteiger partial charge in [0.2, 0.25) is 0 Å². The van der Waals surface area contributed by atoms with Crippen LogP contribution in [-0.2, 0) is 11.2 Å². The van der Waals surface area contributed by atoms with Crippen LogP contribution in [0.4, 0.5) is 0 Å². The van der Waals surface area contributed by atoms with Gasteiger partial charge in [0.25, 0.3) is 0 Å². The zero-order valence-corrected chi connectivity index (χ0v) is 9.46. The van der Waals surface area contributed by atoms with E-state index in [-0.39, 0.29) is 5.78 Å². The van der Waals surface area contributed by atoms with Gasteiger partial charge in [-0.25, -0.2) is 0 Å². The minimum atomic E-state index is 0.00206. The second-order valence-corrected chi connectivity index (χ2v) is 3.41. The van der Waals surface area contributed by atoms with Crippen molar-refractivity contribution in [3.63, 3.8) is 0 Å². The topological polar surface area (TPSA) is 26.3 Å². The lowest BCUT2D eigenvalue weighted by atomic mass is 10.0. The number of Topliss-reactive ketones (excluding diaryl/α,β-unsaturated/α-hetero) is 1. The van der Waals surface area contributed by atoms with Crippen molar-refractivity contribution in [3.05, 3.63) is 35.9 Å². The van der Waals surface area contributed by atoms with Crippen LogP contribution < -0.4 is 4.74 Å². The van der Waals surface area contributed by atoms with Crippen molar-refractivity contribution in [2.75, 3.05) is 7.11 Å². The van der Waals surface area contributed by atoms with Crippen LogP contribution in [0.25, 0.3) is 5.57 Å². The van der Waals surface area contributed by atoms with Crippen LogP contribution in [0, 0.1) is 0 Å². The van der Waals surface area contributed by atoms with E-state index in [1.807, 2.05) is 18.2 Å². The van der Waals surface area contributed by atoms with Gasteiger partial charge in [0.15, 0.2) is 5.78 Å². The third kappa shape index (κ3) is 2.46. The van der Waals surface area contributed by atoms with Gasteiger partial charge in [-0.05, 0) is 36.6 Å². The molecule has 0 N–H and O–H groups in total. The smallest absolute Gasteiger partial charge is 0.159 e. The summed E-state index contributed by atoms with van der Waals surface area (Å²) in [6, 6.07) is 5.70. The van der Waals surface area contributed by atoms with Gasteiger partial charge in [0.1, 0.15) is 5.75 Å².